The number of thiol groups is 1. The molecule has 0 saturated carbocycles. The zero-order valence-corrected chi connectivity index (χ0v) is 11.1. The molecule has 3 nitrogen and oxygen atoms in total. The molecule has 2 aliphatic rings. The molecule has 2 atom stereocenters. The summed E-state index contributed by atoms with van der Waals surface area (Å²) in [7, 11) is 0. The summed E-state index contributed by atoms with van der Waals surface area (Å²) in [5.74, 6) is -1.19. The number of fused-ring (bicyclic) bond motifs is 1. The third kappa shape index (κ3) is 1.86. The lowest BCUT2D eigenvalue weighted by atomic mass is 9.80. The maximum Gasteiger partial charge on any atom is 0.243 e. The topological polar surface area (TPSA) is 46.2 Å². The zero-order valence-electron chi connectivity index (χ0n) is 7.97. The van der Waals surface area contributed by atoms with Crippen molar-refractivity contribution in [1.29, 1.82) is 0 Å². The molecule has 1 aliphatic carbocycles. The van der Waals surface area contributed by atoms with Crippen LogP contribution in [-0.2, 0) is 9.59 Å². The Morgan fingerprint density at radius 2 is 2.06 bits per heavy atom. The Bertz CT molecular complexity index is 404. The van der Waals surface area contributed by atoms with Gasteiger partial charge in [0.2, 0.25) is 15.6 Å². The van der Waals surface area contributed by atoms with Gasteiger partial charge in [0.15, 0.2) is 0 Å². The van der Waals surface area contributed by atoms with Crippen molar-refractivity contribution in [2.75, 3.05) is 0 Å². The first kappa shape index (κ1) is 12.6. The SMILES string of the molecule is O=C1NC(=O)C2(S)CC(C(Cl)(Cl)Cl)=CCC12. The van der Waals surface area contributed by atoms with Gasteiger partial charge in [-0.3, -0.25) is 14.9 Å². The quantitative estimate of drug-likeness (QED) is 0.311. The molecule has 0 bridgehead atoms. The van der Waals surface area contributed by atoms with Crippen molar-refractivity contribution in [3.05, 3.63) is 11.6 Å². The van der Waals surface area contributed by atoms with Crippen molar-refractivity contribution < 1.29 is 9.59 Å². The minimum absolute atomic E-state index is 0.175. The number of alkyl halides is 3. The van der Waals surface area contributed by atoms with E-state index >= 15 is 0 Å². The smallest absolute Gasteiger partial charge is 0.243 e. The van der Waals surface area contributed by atoms with E-state index in [4.69, 9.17) is 34.8 Å². The fourth-order valence-corrected chi connectivity index (χ4v) is 2.91. The lowest BCUT2D eigenvalue weighted by Gasteiger charge is -2.33. The van der Waals surface area contributed by atoms with Crippen LogP contribution in [0.2, 0.25) is 0 Å². The lowest BCUT2D eigenvalue weighted by molar-refractivity contribution is -0.125. The van der Waals surface area contributed by atoms with E-state index in [1.165, 1.54) is 0 Å². The van der Waals surface area contributed by atoms with Gasteiger partial charge in [-0.25, -0.2) is 0 Å². The van der Waals surface area contributed by atoms with Gasteiger partial charge in [0.05, 0.1) is 5.92 Å². The first-order chi connectivity index (χ1) is 7.25. The highest BCUT2D eigenvalue weighted by Crippen LogP contribution is 2.48. The second-order valence-electron chi connectivity index (χ2n) is 3.93. The van der Waals surface area contributed by atoms with E-state index in [9.17, 15) is 9.59 Å². The molecule has 2 rings (SSSR count). The van der Waals surface area contributed by atoms with Crippen molar-refractivity contribution >= 4 is 59.2 Å². The summed E-state index contributed by atoms with van der Waals surface area (Å²) in [6.07, 6.45) is 2.24. The standard InChI is InChI=1S/C9H8Cl3NO2S/c10-9(11,12)4-1-2-5-6(14)13-7(15)8(5,16)3-4/h1,5,16H,2-3H2,(H,13,14,15). The van der Waals surface area contributed by atoms with Crippen LogP contribution in [0.4, 0.5) is 0 Å². The molecule has 2 unspecified atom stereocenters. The second kappa shape index (κ2) is 3.80. The lowest BCUT2D eigenvalue weighted by Crippen LogP contribution is -2.40. The third-order valence-electron chi connectivity index (χ3n) is 2.95. The van der Waals surface area contributed by atoms with Crippen LogP contribution in [0, 0.1) is 5.92 Å². The highest BCUT2D eigenvalue weighted by molar-refractivity contribution is 7.82. The average molecular weight is 301 g/mol. The molecule has 0 aromatic carbocycles. The van der Waals surface area contributed by atoms with E-state index in [2.05, 4.69) is 17.9 Å². The number of hydrogen-bond acceptors (Lipinski definition) is 3. The molecular formula is C9H8Cl3NO2S. The second-order valence-corrected chi connectivity index (χ2v) is 7.01. The average Bonchev–Trinajstić information content (AvgIpc) is 2.36. The number of nitrogens with one attached hydrogen (secondary N) is 1. The van der Waals surface area contributed by atoms with Crippen molar-refractivity contribution in [2.45, 2.75) is 21.4 Å². The predicted octanol–water partition coefficient (Wildman–Crippen LogP) is 2.02. The van der Waals surface area contributed by atoms with E-state index < -0.39 is 20.4 Å². The van der Waals surface area contributed by atoms with E-state index in [1.807, 2.05) is 0 Å². The normalized spacial score (nSPS) is 34.5. The van der Waals surface area contributed by atoms with Gasteiger partial charge >= 0.3 is 0 Å². The minimum atomic E-state index is -1.55. The summed E-state index contributed by atoms with van der Waals surface area (Å²) in [6, 6.07) is 0. The molecule has 1 saturated heterocycles. The zero-order chi connectivity index (χ0) is 12.1. The molecule has 1 heterocycles. The molecule has 1 N–H and O–H groups in total. The van der Waals surface area contributed by atoms with Crippen molar-refractivity contribution in [2.24, 2.45) is 5.92 Å². The number of hydrogen-bond donors (Lipinski definition) is 2. The van der Waals surface area contributed by atoms with Crippen molar-refractivity contribution in [1.82, 2.24) is 5.32 Å². The van der Waals surface area contributed by atoms with E-state index in [0.717, 1.165) is 0 Å². The first-order valence-corrected chi connectivity index (χ1v) is 6.17. The predicted molar refractivity (Wildman–Crippen MR) is 66.0 cm³/mol. The Morgan fingerprint density at radius 1 is 1.44 bits per heavy atom. The van der Waals surface area contributed by atoms with Crippen LogP contribution in [0.1, 0.15) is 12.8 Å². The molecule has 1 fully saturated rings. The summed E-state index contributed by atoms with van der Waals surface area (Å²) in [5.41, 5.74) is 0.508. The molecule has 16 heavy (non-hydrogen) atoms. The van der Waals surface area contributed by atoms with Gasteiger partial charge in [-0.15, -0.1) is 0 Å². The number of halogens is 3. The molecule has 0 aromatic rings. The molecule has 7 heteroatoms. The van der Waals surface area contributed by atoms with Crippen LogP contribution in [0.25, 0.3) is 0 Å². The first-order valence-electron chi connectivity index (χ1n) is 4.59. The van der Waals surface area contributed by atoms with Gasteiger partial charge in [0.1, 0.15) is 4.75 Å². The molecule has 1 aliphatic heterocycles. The maximum absolute atomic E-state index is 11.6. The molecule has 0 radical (unpaired) electrons. The van der Waals surface area contributed by atoms with Crippen molar-refractivity contribution in [3.8, 4) is 0 Å². The van der Waals surface area contributed by atoms with Gasteiger partial charge in [-0.1, -0.05) is 40.9 Å². The number of carbonyl (C=O) groups is 2. The Morgan fingerprint density at radius 3 is 2.62 bits per heavy atom. The molecule has 2 amide bonds. The summed E-state index contributed by atoms with van der Waals surface area (Å²) >= 11 is 21.6. The highest BCUT2D eigenvalue weighted by atomic mass is 35.6. The van der Waals surface area contributed by atoms with Crippen LogP contribution < -0.4 is 5.32 Å². The number of amides is 2. The van der Waals surface area contributed by atoms with E-state index in [1.54, 1.807) is 6.08 Å². The van der Waals surface area contributed by atoms with Gasteiger partial charge in [0, 0.05) is 0 Å². The Labute approximate surface area is 113 Å². The van der Waals surface area contributed by atoms with Crippen LogP contribution in [0.15, 0.2) is 11.6 Å². The number of rotatable bonds is 0. The van der Waals surface area contributed by atoms with Crippen LogP contribution >= 0.6 is 47.4 Å². The Kier molecular flexibility index (Phi) is 2.98. The van der Waals surface area contributed by atoms with Crippen molar-refractivity contribution in [3.63, 3.8) is 0 Å². The van der Waals surface area contributed by atoms with Crippen LogP contribution in [0.5, 0.6) is 0 Å². The summed E-state index contributed by atoms with van der Waals surface area (Å²) in [4.78, 5) is 23.1. The fraction of sp³-hybridized carbons (Fsp3) is 0.556. The third-order valence-corrected chi connectivity index (χ3v) is 4.35. The Hall–Kier alpha value is 0.1000. The number of allylic oxidation sites excluding steroid dienone is 2. The van der Waals surface area contributed by atoms with Gasteiger partial charge in [-0.2, -0.15) is 12.6 Å². The molecule has 0 spiro atoms. The van der Waals surface area contributed by atoms with Gasteiger partial charge in [0.25, 0.3) is 0 Å². The molecule has 0 aromatic heterocycles. The Balaban J connectivity index is 2.35. The summed E-state index contributed by atoms with van der Waals surface area (Å²) in [6.45, 7) is 0. The number of carbonyl (C=O) groups excluding carboxylic acids is 2. The minimum Gasteiger partial charge on any atom is -0.295 e. The summed E-state index contributed by atoms with van der Waals surface area (Å²) < 4.78 is -2.63. The van der Waals surface area contributed by atoms with Crippen LogP contribution in [0.3, 0.4) is 0 Å². The number of imide groups is 1. The van der Waals surface area contributed by atoms with E-state index in [-0.39, 0.29) is 12.3 Å². The summed E-state index contributed by atoms with van der Waals surface area (Å²) in [5, 5.41) is 2.25. The largest absolute Gasteiger partial charge is 0.295 e. The maximum atomic E-state index is 11.6. The molecule has 88 valence electrons. The fourth-order valence-electron chi connectivity index (χ4n) is 2.03. The van der Waals surface area contributed by atoms with Gasteiger partial charge in [-0.05, 0) is 18.4 Å². The highest BCUT2D eigenvalue weighted by Gasteiger charge is 2.55. The monoisotopic (exact) mass is 299 g/mol. The van der Waals surface area contributed by atoms with Gasteiger partial charge < -0.3 is 0 Å². The van der Waals surface area contributed by atoms with Crippen LogP contribution in [-0.4, -0.2) is 20.4 Å². The van der Waals surface area contributed by atoms with E-state index in [0.29, 0.717) is 12.0 Å². The molecular weight excluding hydrogens is 293 g/mol.